The lowest BCUT2D eigenvalue weighted by molar-refractivity contribution is 0.463. The van der Waals surface area contributed by atoms with Gasteiger partial charge in [-0.3, -0.25) is 0 Å². The first kappa shape index (κ1) is 9.01. The fraction of sp³-hybridized carbons (Fsp3) is 0.583. The Hall–Kier alpha value is -1.25. The number of rotatable bonds is 1. The van der Waals surface area contributed by atoms with Crippen LogP contribution in [0.25, 0.3) is 0 Å². The molecular weight excluding hydrogens is 186 g/mol. The summed E-state index contributed by atoms with van der Waals surface area (Å²) in [6, 6.07) is 2.05. The van der Waals surface area contributed by atoms with Crippen LogP contribution in [0, 0.1) is 12.8 Å². The molecule has 1 aliphatic heterocycles. The van der Waals surface area contributed by atoms with Crippen molar-refractivity contribution in [2.75, 3.05) is 17.2 Å². The molecule has 80 valence electrons. The molecule has 0 radical (unpaired) electrons. The standard InChI is InChI=1S/C12H17N3/c1-8-5-6-13-11-10(8)14-7-12(2,15-11)9-3-4-9/h5-6,9,14H,3-4,7H2,1-2H3,(H,13,15). The molecule has 0 saturated heterocycles. The Bertz CT molecular complexity index is 398. The van der Waals surface area contributed by atoms with Crippen molar-refractivity contribution in [3.63, 3.8) is 0 Å². The Morgan fingerprint density at radius 3 is 3.00 bits per heavy atom. The van der Waals surface area contributed by atoms with E-state index in [0.717, 1.165) is 18.3 Å². The van der Waals surface area contributed by atoms with E-state index in [1.807, 2.05) is 12.3 Å². The monoisotopic (exact) mass is 203 g/mol. The summed E-state index contributed by atoms with van der Waals surface area (Å²) >= 11 is 0. The third-order valence-corrected chi connectivity index (χ3v) is 3.67. The maximum absolute atomic E-state index is 4.41. The van der Waals surface area contributed by atoms with Crippen LogP contribution in [0.3, 0.4) is 0 Å². The summed E-state index contributed by atoms with van der Waals surface area (Å²) in [6.45, 7) is 5.43. The molecule has 1 saturated carbocycles. The van der Waals surface area contributed by atoms with Crippen LogP contribution in [0.4, 0.5) is 11.5 Å². The maximum atomic E-state index is 4.41. The Balaban J connectivity index is 1.96. The van der Waals surface area contributed by atoms with Crippen LogP contribution in [0.15, 0.2) is 12.3 Å². The van der Waals surface area contributed by atoms with E-state index in [1.54, 1.807) is 0 Å². The number of pyridine rings is 1. The van der Waals surface area contributed by atoms with Crippen molar-refractivity contribution in [3.8, 4) is 0 Å². The number of aromatic nitrogens is 1. The van der Waals surface area contributed by atoms with Crippen molar-refractivity contribution in [1.29, 1.82) is 0 Å². The Labute approximate surface area is 90.3 Å². The van der Waals surface area contributed by atoms with Crippen LogP contribution in [-0.4, -0.2) is 17.1 Å². The number of anilines is 2. The smallest absolute Gasteiger partial charge is 0.150 e. The van der Waals surface area contributed by atoms with Gasteiger partial charge < -0.3 is 10.6 Å². The van der Waals surface area contributed by atoms with E-state index in [1.165, 1.54) is 24.1 Å². The summed E-state index contributed by atoms with van der Waals surface area (Å²) in [5.74, 6) is 1.84. The zero-order chi connectivity index (χ0) is 10.5. The van der Waals surface area contributed by atoms with Gasteiger partial charge in [0.15, 0.2) is 0 Å². The minimum Gasteiger partial charge on any atom is -0.379 e. The molecule has 1 atom stereocenters. The summed E-state index contributed by atoms with van der Waals surface area (Å²) in [4.78, 5) is 4.41. The molecule has 15 heavy (non-hydrogen) atoms. The van der Waals surface area contributed by atoms with Gasteiger partial charge in [0.2, 0.25) is 0 Å². The normalized spacial score (nSPS) is 28.9. The average Bonchev–Trinajstić information content (AvgIpc) is 3.01. The van der Waals surface area contributed by atoms with Gasteiger partial charge in [0.25, 0.3) is 0 Å². The largest absolute Gasteiger partial charge is 0.379 e. The Morgan fingerprint density at radius 1 is 1.47 bits per heavy atom. The lowest BCUT2D eigenvalue weighted by atomic mass is 9.93. The van der Waals surface area contributed by atoms with Crippen molar-refractivity contribution >= 4 is 11.5 Å². The summed E-state index contributed by atoms with van der Waals surface area (Å²) in [5.41, 5.74) is 2.65. The highest BCUT2D eigenvalue weighted by atomic mass is 15.2. The van der Waals surface area contributed by atoms with E-state index in [0.29, 0.717) is 0 Å². The first-order valence-corrected chi connectivity index (χ1v) is 5.67. The highest BCUT2D eigenvalue weighted by Gasteiger charge is 2.43. The predicted octanol–water partition coefficient (Wildman–Crippen LogP) is 2.40. The minimum atomic E-state index is 0.202. The first-order chi connectivity index (χ1) is 7.19. The molecule has 0 bridgehead atoms. The molecule has 2 heterocycles. The van der Waals surface area contributed by atoms with E-state index >= 15 is 0 Å². The Morgan fingerprint density at radius 2 is 2.27 bits per heavy atom. The molecule has 3 nitrogen and oxygen atoms in total. The molecule has 0 aromatic carbocycles. The lowest BCUT2D eigenvalue weighted by Crippen LogP contribution is -2.47. The molecule has 1 unspecified atom stereocenters. The average molecular weight is 203 g/mol. The SMILES string of the molecule is Cc1ccnc2c1NCC(C)(C1CC1)N2. The van der Waals surface area contributed by atoms with Gasteiger partial charge in [0.05, 0.1) is 11.2 Å². The zero-order valence-corrected chi connectivity index (χ0v) is 9.30. The molecule has 3 rings (SSSR count). The molecule has 2 aliphatic rings. The molecule has 2 N–H and O–H groups in total. The second-order valence-electron chi connectivity index (χ2n) is 5.02. The fourth-order valence-corrected chi connectivity index (χ4v) is 2.43. The molecule has 0 amide bonds. The van der Waals surface area contributed by atoms with Gasteiger partial charge in [-0.25, -0.2) is 4.98 Å². The summed E-state index contributed by atoms with van der Waals surface area (Å²) in [6.07, 6.45) is 4.58. The number of hydrogen-bond acceptors (Lipinski definition) is 3. The van der Waals surface area contributed by atoms with Gasteiger partial charge in [0, 0.05) is 12.7 Å². The fourth-order valence-electron chi connectivity index (χ4n) is 2.43. The van der Waals surface area contributed by atoms with Crippen molar-refractivity contribution in [3.05, 3.63) is 17.8 Å². The molecule has 1 aliphatic carbocycles. The number of fused-ring (bicyclic) bond motifs is 1. The second-order valence-corrected chi connectivity index (χ2v) is 5.02. The second kappa shape index (κ2) is 2.87. The predicted molar refractivity (Wildman–Crippen MR) is 62.2 cm³/mol. The van der Waals surface area contributed by atoms with Crippen LogP contribution >= 0.6 is 0 Å². The molecule has 1 fully saturated rings. The minimum absolute atomic E-state index is 0.202. The zero-order valence-electron chi connectivity index (χ0n) is 9.30. The van der Waals surface area contributed by atoms with Gasteiger partial charge in [-0.1, -0.05) is 0 Å². The van der Waals surface area contributed by atoms with E-state index < -0.39 is 0 Å². The summed E-state index contributed by atoms with van der Waals surface area (Å²) in [7, 11) is 0. The number of nitrogens with zero attached hydrogens (tertiary/aromatic N) is 1. The van der Waals surface area contributed by atoms with Crippen molar-refractivity contribution in [1.82, 2.24) is 4.98 Å². The third-order valence-electron chi connectivity index (χ3n) is 3.67. The summed E-state index contributed by atoms with van der Waals surface area (Å²) < 4.78 is 0. The number of hydrogen-bond donors (Lipinski definition) is 2. The van der Waals surface area contributed by atoms with Crippen LogP contribution in [0.5, 0.6) is 0 Å². The third kappa shape index (κ3) is 1.37. The van der Waals surface area contributed by atoms with Gasteiger partial charge in [-0.05, 0) is 44.2 Å². The van der Waals surface area contributed by atoms with Crippen molar-refractivity contribution < 1.29 is 0 Å². The van der Waals surface area contributed by atoms with E-state index in [9.17, 15) is 0 Å². The van der Waals surface area contributed by atoms with E-state index in [-0.39, 0.29) is 5.54 Å². The molecule has 1 aromatic rings. The van der Waals surface area contributed by atoms with Crippen LogP contribution in [0.1, 0.15) is 25.3 Å². The van der Waals surface area contributed by atoms with Crippen molar-refractivity contribution in [2.45, 2.75) is 32.2 Å². The van der Waals surface area contributed by atoms with Crippen LogP contribution < -0.4 is 10.6 Å². The Kier molecular flexibility index (Phi) is 1.73. The van der Waals surface area contributed by atoms with E-state index in [2.05, 4.69) is 29.5 Å². The highest BCUT2D eigenvalue weighted by Crippen LogP contribution is 2.44. The maximum Gasteiger partial charge on any atom is 0.150 e. The topological polar surface area (TPSA) is 37.0 Å². The number of nitrogens with one attached hydrogen (secondary N) is 2. The van der Waals surface area contributed by atoms with E-state index in [4.69, 9.17) is 0 Å². The molecule has 0 spiro atoms. The molecular formula is C12H17N3. The van der Waals surface area contributed by atoms with Gasteiger partial charge in [-0.2, -0.15) is 0 Å². The van der Waals surface area contributed by atoms with Gasteiger partial charge in [0.1, 0.15) is 5.82 Å². The quantitative estimate of drug-likeness (QED) is 0.736. The van der Waals surface area contributed by atoms with Crippen LogP contribution in [-0.2, 0) is 0 Å². The van der Waals surface area contributed by atoms with Gasteiger partial charge in [-0.15, -0.1) is 0 Å². The first-order valence-electron chi connectivity index (χ1n) is 5.67. The summed E-state index contributed by atoms with van der Waals surface area (Å²) in [5, 5.41) is 7.12. The lowest BCUT2D eigenvalue weighted by Gasteiger charge is -2.37. The molecule has 1 aromatic heterocycles. The van der Waals surface area contributed by atoms with Crippen LogP contribution in [0.2, 0.25) is 0 Å². The highest BCUT2D eigenvalue weighted by molar-refractivity contribution is 5.71. The van der Waals surface area contributed by atoms with Gasteiger partial charge >= 0.3 is 0 Å². The molecule has 3 heteroatoms. The van der Waals surface area contributed by atoms with Crippen molar-refractivity contribution in [2.24, 2.45) is 5.92 Å². The number of aryl methyl sites for hydroxylation is 1.